The minimum atomic E-state index is 0.926. The molecule has 5 aromatic carbocycles. The van der Waals surface area contributed by atoms with Crippen molar-refractivity contribution >= 4 is 17.1 Å². The molecular weight excluding hydrogens is 450 g/mol. The first-order chi connectivity index (χ1) is 18.1. The average Bonchev–Trinajstić information content (AvgIpc) is 2.97. The van der Waals surface area contributed by atoms with E-state index < -0.39 is 0 Å². The van der Waals surface area contributed by atoms with Crippen LogP contribution in [0.2, 0.25) is 0 Å². The van der Waals surface area contributed by atoms with Crippen LogP contribution < -0.4 is 9.64 Å². The molecule has 2 heteroatoms. The fourth-order valence-electron chi connectivity index (χ4n) is 3.89. The van der Waals surface area contributed by atoms with Gasteiger partial charge in [-0.25, -0.2) is 0 Å². The second kappa shape index (κ2) is 14.3. The van der Waals surface area contributed by atoms with Crippen LogP contribution in [0, 0.1) is 13.8 Å². The van der Waals surface area contributed by atoms with Gasteiger partial charge in [-0.2, -0.15) is 0 Å². The Balaban J connectivity index is 0.000000291. The van der Waals surface area contributed by atoms with Gasteiger partial charge in [0.15, 0.2) is 0 Å². The Morgan fingerprint density at radius 1 is 0.459 bits per heavy atom. The molecule has 37 heavy (non-hydrogen) atoms. The minimum Gasteiger partial charge on any atom is -0.497 e. The van der Waals surface area contributed by atoms with Gasteiger partial charge >= 0.3 is 0 Å². The average molecular weight is 488 g/mol. The molecule has 0 bridgehead atoms. The molecule has 0 aliphatic carbocycles. The zero-order chi connectivity index (χ0) is 26.5. The van der Waals surface area contributed by atoms with E-state index in [4.69, 9.17) is 4.74 Å². The van der Waals surface area contributed by atoms with Crippen LogP contribution in [0.15, 0.2) is 133 Å². The summed E-state index contributed by atoms with van der Waals surface area (Å²) < 4.78 is 5.00. The summed E-state index contributed by atoms with van der Waals surface area (Å²) in [4.78, 5) is 2.29. The molecule has 0 spiro atoms. The molecule has 0 N–H and O–H groups in total. The summed E-state index contributed by atoms with van der Waals surface area (Å²) in [6.45, 7) is 8.16. The maximum atomic E-state index is 5.00. The fraction of sp³-hybridized carbons (Fsp3) is 0.143. The maximum absolute atomic E-state index is 5.00. The van der Waals surface area contributed by atoms with E-state index in [2.05, 4.69) is 115 Å². The Bertz CT molecular complexity index is 1310. The Morgan fingerprint density at radius 2 is 0.946 bits per heavy atom. The van der Waals surface area contributed by atoms with E-state index in [0.29, 0.717) is 0 Å². The van der Waals surface area contributed by atoms with Crippen LogP contribution in [-0.2, 0) is 0 Å². The van der Waals surface area contributed by atoms with Crippen LogP contribution >= 0.6 is 0 Å². The molecule has 5 rings (SSSR count). The number of aryl methyl sites for hydroxylation is 2. The summed E-state index contributed by atoms with van der Waals surface area (Å²) in [5.74, 6) is 0.926. The molecule has 0 unspecified atom stereocenters. The zero-order valence-corrected chi connectivity index (χ0v) is 22.6. The van der Waals surface area contributed by atoms with Crippen molar-refractivity contribution in [3.8, 4) is 16.9 Å². The van der Waals surface area contributed by atoms with Gasteiger partial charge in [-0.15, -0.1) is 0 Å². The normalized spacial score (nSPS) is 9.76. The molecule has 0 aromatic heterocycles. The molecule has 0 heterocycles. The van der Waals surface area contributed by atoms with Crippen molar-refractivity contribution in [1.82, 2.24) is 0 Å². The van der Waals surface area contributed by atoms with Crippen molar-refractivity contribution in [1.29, 1.82) is 0 Å². The van der Waals surface area contributed by atoms with Crippen molar-refractivity contribution < 1.29 is 4.74 Å². The molecule has 0 atom stereocenters. The summed E-state index contributed by atoms with van der Waals surface area (Å²) in [5.41, 5.74) is 8.43. The number of hydrogen-bond donors (Lipinski definition) is 0. The highest BCUT2D eigenvalue weighted by Gasteiger charge is 2.12. The van der Waals surface area contributed by atoms with Crippen molar-refractivity contribution in [2.45, 2.75) is 27.7 Å². The van der Waals surface area contributed by atoms with Gasteiger partial charge in [0.2, 0.25) is 0 Å². The van der Waals surface area contributed by atoms with Crippen molar-refractivity contribution in [3.05, 3.63) is 145 Å². The molecule has 0 amide bonds. The predicted octanol–water partition coefficient (Wildman–Crippen LogP) is 10.2. The van der Waals surface area contributed by atoms with E-state index in [1.165, 1.54) is 22.3 Å². The molecule has 188 valence electrons. The molecule has 0 fully saturated rings. The topological polar surface area (TPSA) is 12.5 Å². The van der Waals surface area contributed by atoms with Crippen molar-refractivity contribution in [2.24, 2.45) is 0 Å². The van der Waals surface area contributed by atoms with E-state index >= 15 is 0 Å². The van der Waals surface area contributed by atoms with Gasteiger partial charge < -0.3 is 9.64 Å². The molecule has 0 aliphatic rings. The summed E-state index contributed by atoms with van der Waals surface area (Å²) in [7, 11) is 1.68. The first-order valence-corrected chi connectivity index (χ1v) is 12.8. The van der Waals surface area contributed by atoms with Crippen LogP contribution in [0.5, 0.6) is 5.75 Å². The molecule has 2 nitrogen and oxygen atoms in total. The lowest BCUT2D eigenvalue weighted by Crippen LogP contribution is -2.09. The van der Waals surface area contributed by atoms with E-state index in [1.54, 1.807) is 7.11 Å². The Hall–Kier alpha value is -4.30. The quantitative estimate of drug-likeness (QED) is 0.244. The Labute approximate surface area is 222 Å². The van der Waals surface area contributed by atoms with Crippen LogP contribution in [0.1, 0.15) is 25.0 Å². The molecule has 0 radical (unpaired) electrons. The number of anilines is 3. The largest absolute Gasteiger partial charge is 0.497 e. The predicted molar refractivity (Wildman–Crippen MR) is 160 cm³/mol. The Kier molecular flexibility index (Phi) is 10.6. The zero-order valence-electron chi connectivity index (χ0n) is 22.6. The SMILES string of the molecule is CC.COc1cccc(C)c1.Cc1ccc(N(c2ccccc2)c2ccc(-c3ccccc3)cc2)cc1. The first-order valence-electron chi connectivity index (χ1n) is 12.8. The molecule has 0 saturated carbocycles. The number of para-hydroxylation sites is 1. The highest BCUT2D eigenvalue weighted by Crippen LogP contribution is 2.35. The van der Waals surface area contributed by atoms with Gasteiger partial charge in [-0.3, -0.25) is 0 Å². The van der Waals surface area contributed by atoms with Gasteiger partial charge in [0.05, 0.1) is 7.11 Å². The van der Waals surface area contributed by atoms with Crippen LogP contribution in [0.25, 0.3) is 11.1 Å². The van der Waals surface area contributed by atoms with Gasteiger partial charge in [-0.05, 0) is 79.1 Å². The molecule has 0 aliphatic heterocycles. The van der Waals surface area contributed by atoms with Gasteiger partial charge in [0, 0.05) is 17.1 Å². The third-order valence-corrected chi connectivity index (χ3v) is 5.76. The molecule has 5 aromatic rings. The Morgan fingerprint density at radius 3 is 1.46 bits per heavy atom. The highest BCUT2D eigenvalue weighted by molar-refractivity contribution is 5.78. The first kappa shape index (κ1) is 27.3. The van der Waals surface area contributed by atoms with Crippen LogP contribution in [0.3, 0.4) is 0 Å². The number of ether oxygens (including phenoxy) is 1. The van der Waals surface area contributed by atoms with E-state index in [1.807, 2.05) is 51.1 Å². The number of rotatable bonds is 5. The van der Waals surface area contributed by atoms with Gasteiger partial charge in [0.1, 0.15) is 5.75 Å². The summed E-state index contributed by atoms with van der Waals surface area (Å²) in [5, 5.41) is 0. The van der Waals surface area contributed by atoms with Crippen LogP contribution in [-0.4, -0.2) is 7.11 Å². The highest BCUT2D eigenvalue weighted by atomic mass is 16.5. The standard InChI is InChI=1S/C25H21N.C8H10O.C2H6/c1-20-12-16-24(17-13-20)26(23-10-6-3-7-11-23)25-18-14-22(15-19-25)21-8-4-2-5-9-21;1-7-4-3-5-8(6-7)9-2;1-2/h2-19H,1H3;3-6H,1-2H3;1-2H3. The molecular formula is C35H37NO. The summed E-state index contributed by atoms with van der Waals surface area (Å²) in [6, 6.07) is 46.4. The third kappa shape index (κ3) is 7.85. The monoisotopic (exact) mass is 487 g/mol. The molecule has 0 saturated heterocycles. The lowest BCUT2D eigenvalue weighted by Gasteiger charge is -2.25. The number of benzene rings is 5. The van der Waals surface area contributed by atoms with Crippen molar-refractivity contribution in [3.63, 3.8) is 0 Å². The number of hydrogen-bond acceptors (Lipinski definition) is 2. The second-order valence-electron chi connectivity index (χ2n) is 8.44. The summed E-state index contributed by atoms with van der Waals surface area (Å²) >= 11 is 0. The number of nitrogens with zero attached hydrogens (tertiary/aromatic N) is 1. The van der Waals surface area contributed by atoms with Crippen LogP contribution in [0.4, 0.5) is 17.1 Å². The fourth-order valence-corrected chi connectivity index (χ4v) is 3.89. The minimum absolute atomic E-state index is 0.926. The number of methoxy groups -OCH3 is 1. The smallest absolute Gasteiger partial charge is 0.119 e. The van der Waals surface area contributed by atoms with E-state index in [0.717, 1.165) is 22.8 Å². The third-order valence-electron chi connectivity index (χ3n) is 5.76. The van der Waals surface area contributed by atoms with Gasteiger partial charge in [0.25, 0.3) is 0 Å². The maximum Gasteiger partial charge on any atom is 0.119 e. The summed E-state index contributed by atoms with van der Waals surface area (Å²) in [6.07, 6.45) is 0. The van der Waals surface area contributed by atoms with E-state index in [-0.39, 0.29) is 0 Å². The van der Waals surface area contributed by atoms with Gasteiger partial charge in [-0.1, -0.05) is 104 Å². The lowest BCUT2D eigenvalue weighted by atomic mass is 10.0. The van der Waals surface area contributed by atoms with Crippen molar-refractivity contribution in [2.75, 3.05) is 12.0 Å². The second-order valence-corrected chi connectivity index (χ2v) is 8.44. The lowest BCUT2D eigenvalue weighted by molar-refractivity contribution is 0.414. The van der Waals surface area contributed by atoms with E-state index in [9.17, 15) is 0 Å².